The first-order valence-electron chi connectivity index (χ1n) is 7.38. The quantitative estimate of drug-likeness (QED) is 0.860. The van der Waals surface area contributed by atoms with E-state index in [9.17, 15) is 8.42 Å². The van der Waals surface area contributed by atoms with Crippen LogP contribution in [0.25, 0.3) is 0 Å². The number of nitrogens with two attached hydrogens (primary N) is 1. The topological polar surface area (TPSA) is 76.3 Å². The summed E-state index contributed by atoms with van der Waals surface area (Å²) in [7, 11) is -3.56. The van der Waals surface area contributed by atoms with Crippen LogP contribution < -0.4 is 5.73 Å². The highest BCUT2D eigenvalue weighted by Crippen LogP contribution is 2.35. The Morgan fingerprint density at radius 3 is 2.61 bits per heavy atom. The fraction of sp³-hybridized carbons (Fsp3) is 0.312. The maximum Gasteiger partial charge on any atom is 0.244 e. The first-order chi connectivity index (χ1) is 11.0. The zero-order valence-electron chi connectivity index (χ0n) is 12.5. The Balaban J connectivity index is 1.90. The summed E-state index contributed by atoms with van der Waals surface area (Å²) in [5, 5.41) is 0. The van der Waals surface area contributed by atoms with Crippen molar-refractivity contribution in [1.29, 1.82) is 0 Å². The molecular formula is C16H18BrN3O2S. The van der Waals surface area contributed by atoms with Gasteiger partial charge in [-0.15, -0.1) is 0 Å². The zero-order chi connectivity index (χ0) is 16.4. The van der Waals surface area contributed by atoms with Crippen LogP contribution in [0.2, 0.25) is 0 Å². The van der Waals surface area contributed by atoms with Gasteiger partial charge in [0.15, 0.2) is 0 Å². The van der Waals surface area contributed by atoms with Gasteiger partial charge in [0.2, 0.25) is 10.0 Å². The number of hydrogen-bond donors (Lipinski definition) is 1. The number of aromatic nitrogens is 1. The van der Waals surface area contributed by atoms with E-state index in [4.69, 9.17) is 5.73 Å². The van der Waals surface area contributed by atoms with Crippen LogP contribution in [0.1, 0.15) is 11.5 Å². The minimum atomic E-state index is -3.56. The molecule has 2 aromatic rings. The third-order valence-corrected chi connectivity index (χ3v) is 6.49. The van der Waals surface area contributed by atoms with E-state index in [2.05, 4.69) is 20.9 Å². The van der Waals surface area contributed by atoms with Gasteiger partial charge in [0, 0.05) is 35.9 Å². The highest BCUT2D eigenvalue weighted by molar-refractivity contribution is 9.10. The molecule has 1 saturated heterocycles. The standard InChI is InChI=1S/C16H18BrN3O2S/c17-14-6-15(9-19-8-14)23(21,22)20-10-13(7-18)16(11-20)12-4-2-1-3-5-12/h1-6,8-9,13,16H,7,10-11,18H2/t13-,16+/m1/s1. The SMILES string of the molecule is NC[C@@H]1CN(S(=O)(=O)c2cncc(Br)c2)C[C@H]1c1ccccc1. The summed E-state index contributed by atoms with van der Waals surface area (Å²) in [5.74, 6) is 0.239. The number of nitrogens with zero attached hydrogens (tertiary/aromatic N) is 2. The number of rotatable bonds is 4. The van der Waals surface area contributed by atoms with E-state index < -0.39 is 10.0 Å². The molecule has 0 saturated carbocycles. The second kappa shape index (κ2) is 6.68. The monoisotopic (exact) mass is 395 g/mol. The molecule has 0 unspecified atom stereocenters. The highest BCUT2D eigenvalue weighted by atomic mass is 79.9. The molecule has 1 fully saturated rings. The van der Waals surface area contributed by atoms with Crippen LogP contribution in [0.15, 0.2) is 58.2 Å². The van der Waals surface area contributed by atoms with Crippen LogP contribution in [0, 0.1) is 5.92 Å². The van der Waals surface area contributed by atoms with Crippen molar-refractivity contribution in [2.24, 2.45) is 11.7 Å². The second-order valence-corrected chi connectivity index (χ2v) is 8.53. The predicted octanol–water partition coefficient (Wildman–Crippen LogP) is 2.21. The lowest BCUT2D eigenvalue weighted by Gasteiger charge is -2.17. The van der Waals surface area contributed by atoms with Gasteiger partial charge in [0.1, 0.15) is 4.90 Å². The van der Waals surface area contributed by atoms with Gasteiger partial charge in [0.25, 0.3) is 0 Å². The lowest BCUT2D eigenvalue weighted by Crippen LogP contribution is -2.30. The highest BCUT2D eigenvalue weighted by Gasteiger charge is 2.39. The van der Waals surface area contributed by atoms with Crippen molar-refractivity contribution >= 4 is 26.0 Å². The Labute approximate surface area is 144 Å². The largest absolute Gasteiger partial charge is 0.330 e. The number of sulfonamides is 1. The van der Waals surface area contributed by atoms with Gasteiger partial charge in [-0.3, -0.25) is 4.98 Å². The van der Waals surface area contributed by atoms with Crippen molar-refractivity contribution in [2.75, 3.05) is 19.6 Å². The zero-order valence-corrected chi connectivity index (χ0v) is 14.9. The lowest BCUT2D eigenvalue weighted by molar-refractivity contribution is 0.458. The van der Waals surface area contributed by atoms with Gasteiger partial charge >= 0.3 is 0 Å². The van der Waals surface area contributed by atoms with Gasteiger partial charge in [-0.05, 0) is 40.0 Å². The Hall–Kier alpha value is -1.28. The molecule has 1 aromatic heterocycles. The Bertz CT molecular complexity index is 783. The number of pyridine rings is 1. The van der Waals surface area contributed by atoms with Gasteiger partial charge < -0.3 is 5.73 Å². The molecule has 0 amide bonds. The average molecular weight is 396 g/mol. The van der Waals surface area contributed by atoms with Crippen LogP contribution >= 0.6 is 15.9 Å². The van der Waals surface area contributed by atoms with E-state index in [1.807, 2.05) is 30.3 Å². The molecule has 122 valence electrons. The molecular weight excluding hydrogens is 378 g/mol. The minimum absolute atomic E-state index is 0.118. The predicted molar refractivity (Wildman–Crippen MR) is 92.4 cm³/mol. The smallest absolute Gasteiger partial charge is 0.244 e. The number of halogens is 1. The van der Waals surface area contributed by atoms with Crippen LogP contribution in [-0.2, 0) is 10.0 Å². The van der Waals surface area contributed by atoms with Crippen molar-refractivity contribution in [3.8, 4) is 0 Å². The summed E-state index contributed by atoms with van der Waals surface area (Å²) in [4.78, 5) is 4.17. The number of benzene rings is 1. The fourth-order valence-corrected chi connectivity index (χ4v) is 5.06. The summed E-state index contributed by atoms with van der Waals surface area (Å²) >= 11 is 3.27. The normalized spacial score (nSPS) is 22.3. The Morgan fingerprint density at radius 2 is 1.96 bits per heavy atom. The molecule has 1 aliphatic heterocycles. The third-order valence-electron chi connectivity index (χ3n) is 4.26. The average Bonchev–Trinajstić information content (AvgIpc) is 3.01. The molecule has 2 heterocycles. The summed E-state index contributed by atoms with van der Waals surface area (Å²) in [6, 6.07) is 11.5. The molecule has 23 heavy (non-hydrogen) atoms. The molecule has 1 aromatic carbocycles. The van der Waals surface area contributed by atoms with Crippen LogP contribution in [-0.4, -0.2) is 37.3 Å². The van der Waals surface area contributed by atoms with Gasteiger partial charge in [-0.25, -0.2) is 8.42 Å². The molecule has 3 rings (SSSR count). The van der Waals surface area contributed by atoms with Crippen molar-refractivity contribution < 1.29 is 8.42 Å². The van der Waals surface area contributed by atoms with Crippen molar-refractivity contribution in [2.45, 2.75) is 10.8 Å². The van der Waals surface area contributed by atoms with E-state index in [0.29, 0.717) is 24.1 Å². The second-order valence-electron chi connectivity index (χ2n) is 5.67. The summed E-state index contributed by atoms with van der Waals surface area (Å²) in [6.45, 7) is 1.34. The Kier molecular flexibility index (Phi) is 4.82. The first-order valence-corrected chi connectivity index (χ1v) is 9.61. The van der Waals surface area contributed by atoms with E-state index >= 15 is 0 Å². The van der Waals surface area contributed by atoms with Crippen LogP contribution in [0.3, 0.4) is 0 Å². The molecule has 2 N–H and O–H groups in total. The summed E-state index contributed by atoms with van der Waals surface area (Å²) in [6.07, 6.45) is 2.95. The number of hydrogen-bond acceptors (Lipinski definition) is 4. The third kappa shape index (κ3) is 3.33. The van der Waals surface area contributed by atoms with Crippen molar-refractivity contribution in [3.63, 3.8) is 0 Å². The molecule has 5 nitrogen and oxygen atoms in total. The lowest BCUT2D eigenvalue weighted by atomic mass is 9.89. The van der Waals surface area contributed by atoms with E-state index in [0.717, 1.165) is 5.56 Å². The van der Waals surface area contributed by atoms with Crippen LogP contribution in [0.5, 0.6) is 0 Å². The van der Waals surface area contributed by atoms with Crippen LogP contribution in [0.4, 0.5) is 0 Å². The Morgan fingerprint density at radius 1 is 1.22 bits per heavy atom. The maximum atomic E-state index is 12.8. The summed E-state index contributed by atoms with van der Waals surface area (Å²) < 4.78 is 27.9. The molecule has 0 spiro atoms. The molecule has 0 bridgehead atoms. The van der Waals surface area contributed by atoms with E-state index in [-0.39, 0.29) is 16.7 Å². The van der Waals surface area contributed by atoms with E-state index in [1.54, 1.807) is 12.3 Å². The van der Waals surface area contributed by atoms with Gasteiger partial charge in [-0.1, -0.05) is 30.3 Å². The minimum Gasteiger partial charge on any atom is -0.330 e. The van der Waals surface area contributed by atoms with Crippen molar-refractivity contribution in [3.05, 3.63) is 58.8 Å². The van der Waals surface area contributed by atoms with Gasteiger partial charge in [-0.2, -0.15) is 4.31 Å². The molecule has 0 radical (unpaired) electrons. The molecule has 2 atom stereocenters. The van der Waals surface area contributed by atoms with Crippen molar-refractivity contribution in [1.82, 2.24) is 9.29 Å². The molecule has 0 aliphatic carbocycles. The fourth-order valence-electron chi connectivity index (χ4n) is 3.03. The molecule has 1 aliphatic rings. The summed E-state index contributed by atoms with van der Waals surface area (Å²) in [5.41, 5.74) is 7.02. The molecule has 7 heteroatoms. The van der Waals surface area contributed by atoms with E-state index in [1.165, 1.54) is 10.5 Å². The maximum absolute atomic E-state index is 12.8. The first kappa shape index (κ1) is 16.6. The van der Waals surface area contributed by atoms with Gasteiger partial charge in [0.05, 0.1) is 0 Å².